The molecular weight excluding hydrogens is 659 g/mol. The molecule has 34 heavy (non-hydrogen) atoms. The lowest BCUT2D eigenvalue weighted by Gasteiger charge is -2.11. The van der Waals surface area contributed by atoms with Gasteiger partial charge in [0.25, 0.3) is 5.91 Å². The van der Waals surface area contributed by atoms with Gasteiger partial charge in [-0.2, -0.15) is 0 Å². The first kappa shape index (κ1) is 25.8. The van der Waals surface area contributed by atoms with E-state index in [0.717, 1.165) is 0 Å². The SMILES string of the molecule is O=C(Nc1ccc(I)cc1F)c1cc(NC(=O)C2C(c3cc(Cl)cc(Cl)c3)C2(Cl)Cl)ccc1Cl. The summed E-state index contributed by atoms with van der Waals surface area (Å²) < 4.78 is 13.5. The monoisotopic (exact) mass is 670 g/mol. The van der Waals surface area contributed by atoms with Gasteiger partial charge < -0.3 is 10.6 Å². The summed E-state index contributed by atoms with van der Waals surface area (Å²) >= 11 is 33.1. The van der Waals surface area contributed by atoms with Gasteiger partial charge in [0, 0.05) is 25.2 Å². The fraction of sp³-hybridized carbons (Fsp3) is 0.130. The van der Waals surface area contributed by atoms with Crippen LogP contribution in [0.3, 0.4) is 0 Å². The van der Waals surface area contributed by atoms with Crippen molar-refractivity contribution in [2.24, 2.45) is 5.92 Å². The molecule has 0 spiro atoms. The van der Waals surface area contributed by atoms with E-state index in [-0.39, 0.29) is 16.3 Å². The maximum absolute atomic E-state index is 14.1. The number of benzene rings is 3. The molecule has 0 aliphatic heterocycles. The van der Waals surface area contributed by atoms with Crippen molar-refractivity contribution < 1.29 is 14.0 Å². The topological polar surface area (TPSA) is 58.2 Å². The van der Waals surface area contributed by atoms with Gasteiger partial charge in [0.1, 0.15) is 10.2 Å². The number of rotatable bonds is 5. The van der Waals surface area contributed by atoms with Gasteiger partial charge in [0.2, 0.25) is 5.91 Å². The Hall–Kier alpha value is -1.29. The minimum Gasteiger partial charge on any atom is -0.326 e. The summed E-state index contributed by atoms with van der Waals surface area (Å²) in [6, 6.07) is 13.6. The highest BCUT2D eigenvalue weighted by atomic mass is 127. The van der Waals surface area contributed by atoms with Gasteiger partial charge in [0.05, 0.1) is 22.2 Å². The van der Waals surface area contributed by atoms with Crippen molar-refractivity contribution in [3.05, 3.63) is 90.2 Å². The number of halogens is 7. The number of alkyl halides is 2. The van der Waals surface area contributed by atoms with Crippen LogP contribution in [0.2, 0.25) is 15.1 Å². The summed E-state index contributed by atoms with van der Waals surface area (Å²) in [5.41, 5.74) is 0.986. The van der Waals surface area contributed by atoms with E-state index in [4.69, 9.17) is 58.0 Å². The van der Waals surface area contributed by atoms with Crippen LogP contribution in [0.4, 0.5) is 15.8 Å². The van der Waals surface area contributed by atoms with Crippen molar-refractivity contribution in [3.8, 4) is 0 Å². The lowest BCUT2D eigenvalue weighted by molar-refractivity contribution is -0.117. The van der Waals surface area contributed by atoms with Crippen LogP contribution in [0.15, 0.2) is 54.6 Å². The van der Waals surface area contributed by atoms with Gasteiger partial charge in [-0.25, -0.2) is 4.39 Å². The molecule has 2 amide bonds. The Morgan fingerprint density at radius 3 is 2.24 bits per heavy atom. The molecule has 4 rings (SSSR count). The van der Waals surface area contributed by atoms with Crippen molar-refractivity contribution in [2.45, 2.75) is 10.3 Å². The number of nitrogens with one attached hydrogen (secondary N) is 2. The van der Waals surface area contributed by atoms with Crippen LogP contribution in [0.1, 0.15) is 21.8 Å². The number of hydrogen-bond donors (Lipinski definition) is 2. The zero-order valence-corrected chi connectivity index (χ0v) is 22.8. The lowest BCUT2D eigenvalue weighted by atomic mass is 10.1. The fourth-order valence-electron chi connectivity index (χ4n) is 3.60. The molecule has 2 atom stereocenters. The summed E-state index contributed by atoms with van der Waals surface area (Å²) in [6.45, 7) is 0. The Labute approximate surface area is 233 Å². The van der Waals surface area contributed by atoms with Crippen LogP contribution in [0, 0.1) is 15.3 Å². The lowest BCUT2D eigenvalue weighted by Crippen LogP contribution is -2.18. The van der Waals surface area contributed by atoms with Crippen LogP contribution in [-0.2, 0) is 4.79 Å². The molecular formula is C23H13Cl5FIN2O2. The Morgan fingerprint density at radius 2 is 1.59 bits per heavy atom. The summed E-state index contributed by atoms with van der Waals surface area (Å²) in [7, 11) is 0. The van der Waals surface area contributed by atoms with E-state index >= 15 is 0 Å². The third-order valence-electron chi connectivity index (χ3n) is 5.24. The van der Waals surface area contributed by atoms with E-state index in [0.29, 0.717) is 24.9 Å². The molecule has 0 bridgehead atoms. The van der Waals surface area contributed by atoms with Gasteiger partial charge >= 0.3 is 0 Å². The number of carbonyl (C=O) groups is 2. The van der Waals surface area contributed by atoms with Crippen molar-refractivity contribution >= 4 is 104 Å². The van der Waals surface area contributed by atoms with Gasteiger partial charge in [-0.1, -0.05) is 34.8 Å². The Bertz CT molecular complexity index is 1300. The first-order chi connectivity index (χ1) is 16.0. The molecule has 0 radical (unpaired) electrons. The second kappa shape index (κ2) is 9.99. The average Bonchev–Trinajstić information content (AvgIpc) is 3.33. The second-order valence-electron chi connectivity index (χ2n) is 7.59. The summed E-state index contributed by atoms with van der Waals surface area (Å²) in [5, 5.41) is 6.11. The molecule has 2 unspecified atom stereocenters. The predicted molar refractivity (Wildman–Crippen MR) is 144 cm³/mol. The highest BCUT2D eigenvalue weighted by molar-refractivity contribution is 14.1. The van der Waals surface area contributed by atoms with Crippen LogP contribution in [0.25, 0.3) is 0 Å². The number of anilines is 2. The maximum Gasteiger partial charge on any atom is 0.257 e. The molecule has 1 saturated carbocycles. The molecule has 0 saturated heterocycles. The molecule has 2 N–H and O–H groups in total. The van der Waals surface area contributed by atoms with Crippen molar-refractivity contribution in [3.63, 3.8) is 0 Å². The van der Waals surface area contributed by atoms with E-state index in [9.17, 15) is 14.0 Å². The smallest absolute Gasteiger partial charge is 0.257 e. The highest BCUT2D eigenvalue weighted by Gasteiger charge is 2.67. The van der Waals surface area contributed by atoms with E-state index in [1.54, 1.807) is 24.3 Å². The zero-order valence-electron chi connectivity index (χ0n) is 16.8. The first-order valence-electron chi connectivity index (χ1n) is 9.68. The minimum absolute atomic E-state index is 0.00555. The molecule has 1 fully saturated rings. The predicted octanol–water partition coefficient (Wildman–Crippen LogP) is 8.17. The van der Waals surface area contributed by atoms with Crippen LogP contribution in [0.5, 0.6) is 0 Å². The quantitative estimate of drug-likeness (QED) is 0.212. The second-order valence-corrected chi connectivity index (χ2v) is 11.6. The van der Waals surface area contributed by atoms with Crippen LogP contribution < -0.4 is 10.6 Å². The largest absolute Gasteiger partial charge is 0.326 e. The van der Waals surface area contributed by atoms with Crippen molar-refractivity contribution in [2.75, 3.05) is 10.6 Å². The van der Waals surface area contributed by atoms with Crippen LogP contribution >= 0.6 is 80.6 Å². The molecule has 0 aromatic heterocycles. The van der Waals surface area contributed by atoms with Crippen molar-refractivity contribution in [1.82, 2.24) is 0 Å². The Kier molecular flexibility index (Phi) is 7.58. The van der Waals surface area contributed by atoms with Gasteiger partial charge in [0.15, 0.2) is 0 Å². The fourth-order valence-corrected chi connectivity index (χ4v) is 5.63. The third kappa shape index (κ3) is 5.42. The first-order valence-corrected chi connectivity index (χ1v) is 12.6. The van der Waals surface area contributed by atoms with E-state index in [1.807, 2.05) is 22.6 Å². The molecule has 4 nitrogen and oxygen atoms in total. The molecule has 11 heteroatoms. The summed E-state index contributed by atoms with van der Waals surface area (Å²) in [6.07, 6.45) is 0. The third-order valence-corrected chi connectivity index (χ3v) is 7.62. The summed E-state index contributed by atoms with van der Waals surface area (Å²) in [4.78, 5) is 25.7. The number of amides is 2. The van der Waals surface area contributed by atoms with Gasteiger partial charge in [-0.3, -0.25) is 9.59 Å². The molecule has 3 aromatic rings. The van der Waals surface area contributed by atoms with Gasteiger partial charge in [-0.15, -0.1) is 23.2 Å². The number of hydrogen-bond acceptors (Lipinski definition) is 2. The van der Waals surface area contributed by atoms with E-state index < -0.39 is 33.8 Å². The molecule has 176 valence electrons. The normalized spacial score (nSPS) is 18.3. The highest BCUT2D eigenvalue weighted by Crippen LogP contribution is 2.65. The molecule has 3 aromatic carbocycles. The Balaban J connectivity index is 1.52. The van der Waals surface area contributed by atoms with Gasteiger partial charge in [-0.05, 0) is 82.8 Å². The summed E-state index contributed by atoms with van der Waals surface area (Å²) in [5.74, 6) is -2.97. The maximum atomic E-state index is 14.1. The van der Waals surface area contributed by atoms with Crippen LogP contribution in [-0.4, -0.2) is 16.1 Å². The average molecular weight is 673 g/mol. The molecule has 0 heterocycles. The zero-order chi connectivity index (χ0) is 24.8. The molecule has 1 aliphatic rings. The molecule has 1 aliphatic carbocycles. The minimum atomic E-state index is -1.35. The standard InChI is InChI=1S/C23H13Cl5FIN2O2/c24-11-5-10(6-12(25)7-11)19-20(23(19,27)28)22(34)31-14-2-3-16(26)15(9-14)21(33)32-18-4-1-13(30)8-17(18)29/h1-9,19-20H,(H,31,34)(H,32,33). The number of carbonyl (C=O) groups excluding carboxylic acids is 2. The van der Waals surface area contributed by atoms with Crippen molar-refractivity contribution in [1.29, 1.82) is 0 Å². The van der Waals surface area contributed by atoms with E-state index in [2.05, 4.69) is 10.6 Å². The van der Waals surface area contributed by atoms with E-state index in [1.165, 1.54) is 30.3 Å². The Morgan fingerprint density at radius 1 is 0.912 bits per heavy atom.